The van der Waals surface area contributed by atoms with Crippen LogP contribution in [0, 0.1) is 24.7 Å². The molecule has 106 valence electrons. The fraction of sp³-hybridized carbons (Fsp3) is 0.571. The minimum absolute atomic E-state index is 0.0936. The Morgan fingerprint density at radius 3 is 2.20 bits per heavy atom. The van der Waals surface area contributed by atoms with Crippen LogP contribution in [-0.2, 0) is 9.53 Å². The van der Waals surface area contributed by atoms with Gasteiger partial charge in [0, 0.05) is 5.41 Å². The molecule has 0 saturated heterocycles. The summed E-state index contributed by atoms with van der Waals surface area (Å²) in [6.07, 6.45) is 1.61. The van der Waals surface area contributed by atoms with Crippen LogP contribution in [0.25, 0.3) is 0 Å². The van der Waals surface area contributed by atoms with Crippen LogP contribution >= 0.6 is 11.6 Å². The summed E-state index contributed by atoms with van der Waals surface area (Å²) in [5.41, 5.74) is 0.730. The Labute approximate surface area is 121 Å². The Morgan fingerprint density at radius 2 is 1.65 bits per heavy atom. The molecule has 0 aromatic carbocycles. The SMILES string of the molecule is COC(=O)C12CC(C(=O)c3nc(C)c(C)nc3Cl)(C1)C2. The van der Waals surface area contributed by atoms with Crippen LogP contribution in [-0.4, -0.2) is 28.8 Å². The van der Waals surface area contributed by atoms with Crippen LogP contribution in [0.3, 0.4) is 0 Å². The van der Waals surface area contributed by atoms with Crippen LogP contribution in [0.4, 0.5) is 0 Å². The number of carbonyl (C=O) groups is 2. The minimum atomic E-state index is -0.478. The highest BCUT2D eigenvalue weighted by Crippen LogP contribution is 2.74. The predicted octanol–water partition coefficient (Wildman–Crippen LogP) is 2.27. The maximum atomic E-state index is 12.6. The molecule has 3 saturated carbocycles. The number of aromatic nitrogens is 2. The Balaban J connectivity index is 1.84. The smallest absolute Gasteiger partial charge is 0.311 e. The van der Waals surface area contributed by atoms with Gasteiger partial charge in [0.25, 0.3) is 0 Å². The summed E-state index contributed by atoms with van der Waals surface area (Å²) in [5.74, 6) is -0.312. The van der Waals surface area contributed by atoms with Gasteiger partial charge in [0.15, 0.2) is 10.9 Å². The maximum absolute atomic E-state index is 12.6. The number of hydrogen-bond acceptors (Lipinski definition) is 5. The summed E-state index contributed by atoms with van der Waals surface area (Å²) in [5, 5.41) is 0.148. The third-order valence-corrected chi connectivity index (χ3v) is 4.87. The lowest BCUT2D eigenvalue weighted by Gasteiger charge is -2.67. The molecule has 2 bridgehead atoms. The van der Waals surface area contributed by atoms with E-state index in [9.17, 15) is 9.59 Å². The topological polar surface area (TPSA) is 69.2 Å². The highest BCUT2D eigenvalue weighted by molar-refractivity contribution is 6.32. The van der Waals surface area contributed by atoms with Gasteiger partial charge in [-0.05, 0) is 33.1 Å². The molecule has 0 atom stereocenters. The van der Waals surface area contributed by atoms with Gasteiger partial charge < -0.3 is 4.74 Å². The second-order valence-electron chi connectivity index (χ2n) is 5.95. The molecule has 0 aliphatic heterocycles. The monoisotopic (exact) mass is 294 g/mol. The van der Waals surface area contributed by atoms with Crippen LogP contribution < -0.4 is 0 Å². The molecule has 0 amide bonds. The highest BCUT2D eigenvalue weighted by Gasteiger charge is 2.75. The quantitative estimate of drug-likeness (QED) is 0.632. The van der Waals surface area contributed by atoms with Crippen molar-refractivity contribution in [3.05, 3.63) is 22.2 Å². The van der Waals surface area contributed by atoms with Gasteiger partial charge >= 0.3 is 5.97 Å². The first-order chi connectivity index (χ1) is 9.33. The molecule has 4 rings (SSSR count). The van der Waals surface area contributed by atoms with Gasteiger partial charge in [-0.25, -0.2) is 9.97 Å². The van der Waals surface area contributed by atoms with Crippen molar-refractivity contribution in [2.45, 2.75) is 33.1 Å². The first-order valence-corrected chi connectivity index (χ1v) is 6.85. The molecular weight excluding hydrogens is 280 g/mol. The fourth-order valence-corrected chi connectivity index (χ4v) is 3.69. The van der Waals surface area contributed by atoms with E-state index in [2.05, 4.69) is 9.97 Å². The van der Waals surface area contributed by atoms with E-state index < -0.39 is 10.8 Å². The lowest BCUT2D eigenvalue weighted by molar-refractivity contribution is -0.207. The van der Waals surface area contributed by atoms with E-state index >= 15 is 0 Å². The number of rotatable bonds is 3. The maximum Gasteiger partial charge on any atom is 0.311 e. The van der Waals surface area contributed by atoms with Crippen molar-refractivity contribution in [1.29, 1.82) is 0 Å². The molecule has 0 N–H and O–H groups in total. The van der Waals surface area contributed by atoms with Crippen LogP contribution in [0.1, 0.15) is 41.1 Å². The lowest BCUT2D eigenvalue weighted by Crippen LogP contribution is -2.68. The molecule has 0 spiro atoms. The van der Waals surface area contributed by atoms with Crippen LogP contribution in [0.2, 0.25) is 5.15 Å². The first-order valence-electron chi connectivity index (χ1n) is 6.48. The number of ketones is 1. The molecule has 6 heteroatoms. The van der Waals surface area contributed by atoms with Gasteiger partial charge in [0.2, 0.25) is 0 Å². The number of methoxy groups -OCH3 is 1. The van der Waals surface area contributed by atoms with E-state index in [0.717, 1.165) is 5.69 Å². The lowest BCUT2D eigenvalue weighted by atomic mass is 9.34. The average Bonchev–Trinajstić information content (AvgIpc) is 2.29. The van der Waals surface area contributed by atoms with Gasteiger partial charge in [-0.1, -0.05) is 11.6 Å². The Morgan fingerprint density at radius 1 is 1.10 bits per heavy atom. The fourth-order valence-electron chi connectivity index (χ4n) is 3.43. The van der Waals surface area contributed by atoms with Gasteiger partial charge in [-0.2, -0.15) is 0 Å². The zero-order valence-corrected chi connectivity index (χ0v) is 12.4. The summed E-state index contributed by atoms with van der Waals surface area (Å²) >= 11 is 6.04. The van der Waals surface area contributed by atoms with Gasteiger partial charge in [-0.3, -0.25) is 9.59 Å². The molecule has 3 fully saturated rings. The number of esters is 1. The third kappa shape index (κ3) is 1.56. The minimum Gasteiger partial charge on any atom is -0.469 e. The number of hydrogen-bond donors (Lipinski definition) is 0. The molecule has 0 radical (unpaired) electrons. The largest absolute Gasteiger partial charge is 0.469 e. The van der Waals surface area contributed by atoms with E-state index in [1.54, 1.807) is 13.8 Å². The van der Waals surface area contributed by atoms with Crippen LogP contribution in [0.5, 0.6) is 0 Å². The van der Waals surface area contributed by atoms with Crippen molar-refractivity contribution in [1.82, 2.24) is 9.97 Å². The van der Waals surface area contributed by atoms with Crippen molar-refractivity contribution in [3.8, 4) is 0 Å². The van der Waals surface area contributed by atoms with Crippen molar-refractivity contribution >= 4 is 23.4 Å². The van der Waals surface area contributed by atoms with E-state index in [4.69, 9.17) is 16.3 Å². The van der Waals surface area contributed by atoms with Crippen molar-refractivity contribution in [2.24, 2.45) is 10.8 Å². The molecule has 0 unspecified atom stereocenters. The zero-order chi connectivity index (χ0) is 14.7. The molecule has 3 aliphatic rings. The first kappa shape index (κ1) is 13.5. The Bertz CT molecular complexity index is 622. The molecular formula is C14H15ClN2O3. The molecule has 5 nitrogen and oxygen atoms in total. The summed E-state index contributed by atoms with van der Waals surface area (Å²) in [4.78, 5) is 32.6. The number of Topliss-reactive ketones (excluding diaryl/α,β-unsaturated/α-hetero) is 1. The van der Waals surface area contributed by atoms with E-state index in [1.165, 1.54) is 7.11 Å². The molecule has 20 heavy (non-hydrogen) atoms. The Hall–Kier alpha value is -1.49. The van der Waals surface area contributed by atoms with Crippen molar-refractivity contribution in [2.75, 3.05) is 7.11 Å². The second-order valence-corrected chi connectivity index (χ2v) is 6.30. The van der Waals surface area contributed by atoms with Gasteiger partial charge in [0.1, 0.15) is 5.69 Å². The number of nitrogens with zero attached hydrogens (tertiary/aromatic N) is 2. The molecule has 1 aromatic rings. The summed E-state index contributed by atoms with van der Waals surface area (Å²) < 4.78 is 4.78. The predicted molar refractivity (Wildman–Crippen MR) is 71.6 cm³/mol. The third-order valence-electron chi connectivity index (χ3n) is 4.61. The standard InChI is InChI=1S/C14H15ClN2O3/c1-7-8(2)17-11(15)9(16-7)10(18)13-4-14(5-13,6-13)12(19)20-3/h4-6H2,1-3H3. The number of ether oxygens (including phenoxy) is 1. The van der Waals surface area contributed by atoms with Crippen molar-refractivity contribution < 1.29 is 14.3 Å². The number of halogens is 1. The van der Waals surface area contributed by atoms with E-state index in [0.29, 0.717) is 25.0 Å². The average molecular weight is 295 g/mol. The van der Waals surface area contributed by atoms with E-state index in [-0.39, 0.29) is 22.6 Å². The molecule has 3 aliphatic carbocycles. The van der Waals surface area contributed by atoms with Gasteiger partial charge in [-0.15, -0.1) is 0 Å². The van der Waals surface area contributed by atoms with E-state index in [1.807, 2.05) is 0 Å². The summed E-state index contributed by atoms with van der Waals surface area (Å²) in [7, 11) is 1.38. The summed E-state index contributed by atoms with van der Waals surface area (Å²) in [6.45, 7) is 3.60. The zero-order valence-electron chi connectivity index (χ0n) is 11.6. The second kappa shape index (κ2) is 4.01. The molecule has 1 aromatic heterocycles. The van der Waals surface area contributed by atoms with Crippen molar-refractivity contribution in [3.63, 3.8) is 0 Å². The number of aryl methyl sites for hydroxylation is 2. The Kier molecular flexibility index (Phi) is 2.70. The highest BCUT2D eigenvalue weighted by atomic mass is 35.5. The summed E-state index contributed by atoms with van der Waals surface area (Å²) in [6, 6.07) is 0. The van der Waals surface area contributed by atoms with Gasteiger partial charge in [0.05, 0.1) is 23.9 Å². The normalized spacial score (nSPS) is 30.2. The molecule has 1 heterocycles. The van der Waals surface area contributed by atoms with Crippen LogP contribution in [0.15, 0.2) is 0 Å². The number of carbonyl (C=O) groups excluding carboxylic acids is 2.